The molecule has 0 spiro atoms. The first-order valence-electron chi connectivity index (χ1n) is 0. The summed E-state index contributed by atoms with van der Waals surface area (Å²) in [4.78, 5) is 0. The summed E-state index contributed by atoms with van der Waals surface area (Å²) in [6.07, 6.45) is 0. The second-order valence-corrected chi connectivity index (χ2v) is 0. The van der Waals surface area contributed by atoms with Gasteiger partial charge in [0.1, 0.15) is 0 Å². The molecule has 0 fully saturated rings. The topological polar surface area (TPSA) is 2470 Å². The average Bonchev–Trinajstić information content (AvgIpc) is 0. The van der Waals surface area contributed by atoms with Gasteiger partial charge < -0.3 is 474 Å². The predicted octanol–water partition coefficient (Wildman–Crippen LogP) is -2.74. The van der Waals surface area contributed by atoms with E-state index in [1.54, 1.807) is 0 Å². The van der Waals surface area contributed by atoms with Crippen LogP contribution in [0.1, 0.15) is 0 Å². The normalized spacial score (nSPS) is 0. The van der Waals surface area contributed by atoms with E-state index < -0.39 is 0 Å². The van der Waals surface area contributed by atoms with Crippen molar-refractivity contribution in [1.29, 1.82) is 0 Å². The van der Waals surface area contributed by atoms with Gasteiger partial charge in [-0.05, 0) is 0 Å². The van der Waals surface area contributed by atoms with E-state index >= 15 is 0 Å². The zero-order valence-electron chi connectivity index (χ0n) is 57.0. The van der Waals surface area contributed by atoms with Gasteiger partial charge in [0.25, 0.3) is 0 Å². The number of hydrogen-bond donors (Lipinski definition) is 0. The van der Waals surface area contributed by atoms with Crippen LogP contribution in [-0.4, -0.2) is 115 Å². The maximum Gasteiger partial charge on any atom is 4.00 e. The fourth-order valence-electron chi connectivity index (χ4n) is 0. The van der Waals surface area contributed by atoms with Gasteiger partial charge in [0.05, 0.1) is 0 Å². The molecule has 0 heterocycles. The maximum absolute atomic E-state index is 0. The van der Waals surface area contributed by atoms with Gasteiger partial charge in [0.2, 0.25) is 0 Å². The van der Waals surface area contributed by atoms with E-state index in [0.717, 1.165) is 0 Å². The zero-order chi connectivity index (χ0) is 0. The van der Waals surface area contributed by atoms with Crippen LogP contribution >= 0.6 is 0 Å². The molecule has 0 rings (SSSR count). The average molecular weight is 4900 g/mol. The number of rotatable bonds is 0. The molecule has 84 nitrogen and oxygen atoms in total. The quantitative estimate of drug-likeness (QED) is 0.222. The molecule has 0 atom stereocenters. The Kier molecular flexibility index (Phi) is 148000. The van der Waals surface area contributed by atoms with Crippen molar-refractivity contribution >= 4 is 0 Å². The Morgan fingerprint density at radius 2 is 0.0530 bits per heavy atom. The Morgan fingerprint density at radius 3 is 0.0530 bits per heavy atom. The Labute approximate surface area is 1500 Å². The van der Waals surface area contributed by atoms with Crippen molar-refractivity contribution in [3.05, 3.63) is 129 Å². The van der Waals surface area contributed by atoms with Crippen LogP contribution in [0, 0.1) is 285 Å². The molecule has 0 aliphatic carbocycles. The molecule has 132 heteroatoms. The summed E-state index contributed by atoms with van der Waals surface area (Å²) >= 11 is 0. The third-order valence-corrected chi connectivity index (χ3v) is 0. The minimum atomic E-state index is 0. The van der Waals surface area contributed by atoms with Crippen molar-refractivity contribution in [1.82, 2.24) is 0 Å². The van der Waals surface area contributed by atoms with E-state index in [9.17, 15) is 0 Å². The molecule has 0 saturated carbocycles. The first-order valence-corrected chi connectivity index (χ1v) is 0. The van der Waals surface area contributed by atoms with E-state index in [1.807, 2.05) is 0 Å². The molecule has 16 radical (unpaired) electrons. The Hall–Kier alpha value is 30.9. The molecule has 0 aliphatic heterocycles. The molecule has 21 N–H and O–H groups in total. The van der Waals surface area contributed by atoms with Crippen LogP contribution in [0.25, 0.3) is 129 Å². The van der Waals surface area contributed by atoms with Crippen molar-refractivity contribution in [3.63, 3.8) is 0 Å². The fraction of sp³-hybridized carbons (Fsp3) is 0. The minimum Gasteiger partial charge on any atom is -3.00 e. The van der Waals surface area contributed by atoms with E-state index in [4.69, 9.17) is 0 Å². The van der Waals surface area contributed by atoms with Gasteiger partial charge in [-0.3, -0.25) is 0 Å². The molecule has 0 aromatic rings. The molecule has 0 amide bonds. The fourth-order valence-corrected chi connectivity index (χ4v) is 0. The molecule has 0 saturated heterocycles. The summed E-state index contributed by atoms with van der Waals surface area (Å²) in [7, 11) is 0. The molecule has 0 aromatic heterocycles. The Balaban J connectivity index is 0. The SMILES string of the molecule is [Fe+3].[Fe+3].[Fe+3].[Fe+3].[Fe+3].[Fe+3].[Fe+3].[Fe+3].[Fe+3].[Fe+3].[Fe+3].[Fe+3].[Fe+3].[Fe+3].[Fe+3].[Fe+3].[La+3].[La+3].[La+3].[La+3].[La+3].[La+3].[La+3].[La+3].[N-3].[N-3].[N-3].[N-3].[N-3].[N-3].[N-3].[N-3].[N-3].[N-3].[N-3].[N-3].[N-3].[N-3].[N-3].[N-3].[N-3].[N-3].[N-3].[N-3].[N-3].[O-2].[O-2].[O-2].[O-2].[O-2].[O-2].[O-2].[O-2].[O-2].[O-2].[O-2].[O-2].[O-2].[O-2].[O-2].[O-2].[O-2].[O-2].[O-2].[O-2].[O-2].[O-2].[O-2].[O-2].[O-2].[O-2].[O-2].[O-2].[O-2].[O-2].[O-2].[O-2].[O-2].[O-2].[O-2].[O-2].[O-2].[O-2].[O-2].[O-2].[O-2].[O-2].[OH-].[OH-].[OH-].[OH-].[OH-].[OH-].[OH-].[OH-].[OH-].[OH-].[OH-].[OH-].[OH-].[OH-].[OH-].[OH-].[OH-].[OH-].[OH-].[OH-].[OH-].[Ru+4].[Ru+4].[Ru+4].[Ru+4].[Ru+4].[Ru+4].[Ru+4].[Ru+4].[Ti+4].[Ti+4].[Ti+4].[Ti+4].[Ti+4].[Ti+4].[Ti+4].[Ti+4].[Ti+4].[Ti+4].[Ti+4].[Ti+4].[Ti+4].[Ti+4].[Ti+4].[Ti+4]. The number of nitrogens with zero attached hydrogens (tertiary/aromatic N) is 21. The van der Waals surface area contributed by atoms with Gasteiger partial charge in [-0.2, -0.15) is 0 Å². The molecule has 132 heavy (non-hydrogen) atoms. The van der Waals surface area contributed by atoms with Crippen LogP contribution in [0.4, 0.5) is 0 Å². The first kappa shape index (κ1) is 4470. The second-order valence-electron chi connectivity index (χ2n) is 0. The summed E-state index contributed by atoms with van der Waals surface area (Å²) in [5.74, 6) is 0. The maximum atomic E-state index is 0. The van der Waals surface area contributed by atoms with Crippen molar-refractivity contribution in [2.45, 2.75) is 0 Å². The van der Waals surface area contributed by atoms with Crippen molar-refractivity contribution < 1.29 is 1410 Å². The second kappa shape index (κ2) is 4380. The summed E-state index contributed by atoms with van der Waals surface area (Å²) in [6.45, 7) is 0. The van der Waals surface area contributed by atoms with Crippen LogP contribution in [0.5, 0.6) is 0 Å². The smallest absolute Gasteiger partial charge is 3.00 e. The van der Waals surface area contributed by atoms with E-state index in [1.165, 1.54) is 0 Å². The molecule has 0 aromatic carbocycles. The van der Waals surface area contributed by atoms with Gasteiger partial charge in [-0.1, -0.05) is 0 Å². The standard InChI is InChI=1S/16Fe.8La.21N.21H2O.42O.8Ru.16Ti/h;;;;;;;;;;;;;;;;;;;;;;;;;;;;;;;;;;;;;;;;;;;;;21*1H2;;;;;;;;;;;;;;;;;;;;;;;;;;;;;;;;;;;;;;;;;;;;;;;;;;;;;;;;;;;;;;;;;;/q24*+3;21*-3;;;;;;;;;;;;;;;;;;;;;;42*-2;24*+4/p-21. The van der Waals surface area contributed by atoms with Gasteiger partial charge in [0, 0.05) is 0 Å². The minimum absolute atomic E-state index is 0. The van der Waals surface area contributed by atoms with Crippen LogP contribution in [0.2, 0.25) is 0 Å². The summed E-state index contributed by atoms with van der Waals surface area (Å²) in [5, 5.41) is 0. The van der Waals surface area contributed by atoms with Crippen molar-refractivity contribution in [3.8, 4) is 0 Å². The van der Waals surface area contributed by atoms with E-state index in [0.29, 0.717) is 0 Å². The third kappa shape index (κ3) is 4300. The van der Waals surface area contributed by atoms with Gasteiger partial charge in [0.15, 0.2) is 0 Å². The molecule has 784 valence electrons. The van der Waals surface area contributed by atoms with Crippen LogP contribution in [0.3, 0.4) is 0 Å². The molecular weight excluding hydrogens is 4880 g/mol. The predicted molar refractivity (Wildman–Crippen MR) is 140 cm³/mol. The van der Waals surface area contributed by atoms with Gasteiger partial charge >= 0.3 is 1060 Å². The molecule has 0 unspecified atom stereocenters. The number of hydrogen-bond acceptors (Lipinski definition) is 21. The Bertz CT molecular complexity index is 285. The summed E-state index contributed by atoms with van der Waals surface area (Å²) < 4.78 is 0. The zero-order valence-corrected chi connectivity index (χ0v) is 143. The van der Waals surface area contributed by atoms with Crippen LogP contribution in [0.15, 0.2) is 0 Å². The molecule has 0 aliphatic rings. The van der Waals surface area contributed by atoms with Crippen LogP contribution < -0.4 is 0 Å². The van der Waals surface area contributed by atoms with Crippen LogP contribution in [-0.2, 0) is 1010 Å². The summed E-state index contributed by atoms with van der Waals surface area (Å²) in [5.41, 5.74) is 0. The van der Waals surface area contributed by atoms with E-state index in [-0.39, 0.29) is 1540 Å². The van der Waals surface area contributed by atoms with Gasteiger partial charge in [-0.15, -0.1) is 0 Å². The first-order chi connectivity index (χ1) is 0. The Morgan fingerprint density at radius 1 is 0.0530 bits per heavy atom. The van der Waals surface area contributed by atoms with Crippen molar-refractivity contribution in [2.24, 2.45) is 0 Å². The van der Waals surface area contributed by atoms with Gasteiger partial charge in [-0.25, -0.2) is 0 Å². The largest absolute Gasteiger partial charge is 4.00 e. The summed E-state index contributed by atoms with van der Waals surface area (Å²) in [6, 6.07) is 0. The molecular formula is H21Fe16La8N21O63Ru8Ti16. The molecule has 0 bridgehead atoms. The monoisotopic (exact) mass is 4910 g/mol. The third-order valence-electron chi connectivity index (χ3n) is 0. The van der Waals surface area contributed by atoms with Crippen molar-refractivity contribution in [2.75, 3.05) is 0 Å². The van der Waals surface area contributed by atoms with E-state index in [2.05, 4.69) is 0 Å².